The monoisotopic (exact) mass is 321 g/mol. The summed E-state index contributed by atoms with van der Waals surface area (Å²) < 4.78 is 1.06. The molecule has 0 saturated heterocycles. The third kappa shape index (κ3) is 3.49. The Morgan fingerprint density at radius 3 is 2.58 bits per heavy atom. The Morgan fingerprint density at radius 2 is 1.89 bits per heavy atom. The molecule has 2 rings (SSSR count). The minimum Gasteiger partial charge on any atom is -0.508 e. The number of benzene rings is 2. The highest BCUT2D eigenvalue weighted by molar-refractivity contribution is 9.10. The van der Waals surface area contributed by atoms with Gasteiger partial charge in [-0.2, -0.15) is 0 Å². The van der Waals surface area contributed by atoms with Gasteiger partial charge in [-0.1, -0.05) is 40.2 Å². The summed E-state index contributed by atoms with van der Waals surface area (Å²) in [7, 11) is 0. The molecule has 0 aliphatic rings. The van der Waals surface area contributed by atoms with Crippen molar-refractivity contribution in [3.63, 3.8) is 0 Å². The lowest BCUT2D eigenvalue weighted by atomic mass is 10.1. The van der Waals surface area contributed by atoms with E-state index in [0.717, 1.165) is 15.6 Å². The lowest BCUT2D eigenvalue weighted by Crippen LogP contribution is -2.18. The predicted octanol–water partition coefficient (Wildman–Crippen LogP) is 3.71. The normalized spacial score (nSPS) is 12.3. The average molecular weight is 322 g/mol. The molecule has 0 spiro atoms. The molecule has 4 heteroatoms. The summed E-state index contributed by atoms with van der Waals surface area (Å²) >= 11 is 3.50. The molecule has 19 heavy (non-hydrogen) atoms. The molecule has 0 amide bonds. The van der Waals surface area contributed by atoms with Crippen LogP contribution in [0.3, 0.4) is 0 Å². The van der Waals surface area contributed by atoms with E-state index in [9.17, 15) is 10.2 Å². The molecule has 3 nitrogen and oxygen atoms in total. The molecule has 0 aliphatic heterocycles. The number of phenols is 2. The van der Waals surface area contributed by atoms with Gasteiger partial charge in [0.25, 0.3) is 0 Å². The summed E-state index contributed by atoms with van der Waals surface area (Å²) in [6.45, 7) is 2.67. The first kappa shape index (κ1) is 13.9. The van der Waals surface area contributed by atoms with Crippen LogP contribution in [-0.4, -0.2) is 10.2 Å². The number of phenolic OH excluding ortho intramolecular Hbond substituents is 2. The zero-order valence-electron chi connectivity index (χ0n) is 10.6. The summed E-state index contributed by atoms with van der Waals surface area (Å²) in [5, 5.41) is 22.4. The van der Waals surface area contributed by atoms with Crippen molar-refractivity contribution in [1.29, 1.82) is 0 Å². The van der Waals surface area contributed by atoms with Crippen molar-refractivity contribution in [1.82, 2.24) is 5.32 Å². The molecule has 0 aromatic heterocycles. The third-order valence-corrected chi connectivity index (χ3v) is 3.81. The fourth-order valence-corrected chi connectivity index (χ4v) is 2.34. The molecule has 0 heterocycles. The van der Waals surface area contributed by atoms with E-state index in [4.69, 9.17) is 0 Å². The minimum atomic E-state index is -0.00675. The Morgan fingerprint density at radius 1 is 1.16 bits per heavy atom. The maximum atomic E-state index is 9.80. The van der Waals surface area contributed by atoms with Crippen LogP contribution >= 0.6 is 15.9 Å². The van der Waals surface area contributed by atoms with Crippen molar-refractivity contribution in [3.05, 3.63) is 58.1 Å². The first-order valence-corrected chi connectivity index (χ1v) is 6.86. The lowest BCUT2D eigenvalue weighted by molar-refractivity contribution is 0.436. The third-order valence-electron chi connectivity index (χ3n) is 3.04. The quantitative estimate of drug-likeness (QED) is 0.804. The molecule has 0 fully saturated rings. The Balaban J connectivity index is 2.05. The number of hydrogen-bond acceptors (Lipinski definition) is 3. The highest BCUT2D eigenvalue weighted by Crippen LogP contribution is 2.28. The zero-order valence-corrected chi connectivity index (χ0v) is 12.2. The van der Waals surface area contributed by atoms with E-state index in [-0.39, 0.29) is 17.5 Å². The van der Waals surface area contributed by atoms with Crippen LogP contribution in [0, 0.1) is 0 Å². The van der Waals surface area contributed by atoms with Gasteiger partial charge in [0.15, 0.2) is 0 Å². The van der Waals surface area contributed by atoms with Crippen molar-refractivity contribution in [2.45, 2.75) is 19.5 Å². The van der Waals surface area contributed by atoms with Crippen molar-refractivity contribution in [2.24, 2.45) is 0 Å². The van der Waals surface area contributed by atoms with E-state index in [1.54, 1.807) is 12.1 Å². The minimum absolute atomic E-state index is 0.00675. The second-order valence-corrected chi connectivity index (χ2v) is 5.29. The van der Waals surface area contributed by atoms with Gasteiger partial charge in [-0.05, 0) is 24.6 Å². The van der Waals surface area contributed by atoms with Crippen LogP contribution < -0.4 is 5.32 Å². The Kier molecular flexibility index (Phi) is 4.45. The SMILES string of the molecule is CC(NCc1ccccc1Br)c1ccc(O)cc1O. The average Bonchev–Trinajstić information content (AvgIpc) is 2.37. The van der Waals surface area contributed by atoms with Gasteiger partial charge >= 0.3 is 0 Å². The van der Waals surface area contributed by atoms with Gasteiger partial charge < -0.3 is 15.5 Å². The van der Waals surface area contributed by atoms with Crippen LogP contribution in [0.4, 0.5) is 0 Å². The summed E-state index contributed by atoms with van der Waals surface area (Å²) in [6, 6.07) is 12.7. The van der Waals surface area contributed by atoms with Gasteiger partial charge in [0.1, 0.15) is 11.5 Å². The first-order valence-electron chi connectivity index (χ1n) is 6.06. The molecule has 3 N–H and O–H groups in total. The Labute approximate surface area is 121 Å². The topological polar surface area (TPSA) is 52.5 Å². The molecule has 0 saturated carbocycles. The van der Waals surface area contributed by atoms with Gasteiger partial charge in [0.05, 0.1) is 0 Å². The molecule has 1 unspecified atom stereocenters. The number of rotatable bonds is 4. The summed E-state index contributed by atoms with van der Waals surface area (Å²) in [4.78, 5) is 0. The predicted molar refractivity (Wildman–Crippen MR) is 79.2 cm³/mol. The molecular weight excluding hydrogens is 306 g/mol. The lowest BCUT2D eigenvalue weighted by Gasteiger charge is -2.16. The second kappa shape index (κ2) is 6.08. The van der Waals surface area contributed by atoms with Crippen LogP contribution in [0.25, 0.3) is 0 Å². The standard InChI is InChI=1S/C15H16BrNO2/c1-10(13-7-6-12(18)8-15(13)19)17-9-11-4-2-3-5-14(11)16/h2-8,10,17-19H,9H2,1H3. The number of hydrogen-bond donors (Lipinski definition) is 3. The molecule has 0 bridgehead atoms. The van der Waals surface area contributed by atoms with E-state index < -0.39 is 0 Å². The number of aromatic hydroxyl groups is 2. The van der Waals surface area contributed by atoms with Gasteiger partial charge in [-0.3, -0.25) is 0 Å². The summed E-state index contributed by atoms with van der Waals surface area (Å²) in [6.07, 6.45) is 0. The van der Waals surface area contributed by atoms with E-state index in [1.807, 2.05) is 31.2 Å². The van der Waals surface area contributed by atoms with Gasteiger partial charge in [-0.15, -0.1) is 0 Å². The van der Waals surface area contributed by atoms with Crippen LogP contribution in [0.5, 0.6) is 11.5 Å². The van der Waals surface area contributed by atoms with E-state index in [2.05, 4.69) is 21.2 Å². The summed E-state index contributed by atoms with van der Waals surface area (Å²) in [5.74, 6) is 0.173. The molecule has 0 radical (unpaired) electrons. The molecule has 100 valence electrons. The van der Waals surface area contributed by atoms with Crippen LogP contribution in [0.2, 0.25) is 0 Å². The number of nitrogens with one attached hydrogen (secondary N) is 1. The first-order chi connectivity index (χ1) is 9.08. The molecule has 0 aliphatic carbocycles. The van der Waals surface area contributed by atoms with Crippen molar-refractivity contribution < 1.29 is 10.2 Å². The fourth-order valence-electron chi connectivity index (χ4n) is 1.91. The van der Waals surface area contributed by atoms with Gasteiger partial charge in [0.2, 0.25) is 0 Å². The van der Waals surface area contributed by atoms with Crippen molar-refractivity contribution >= 4 is 15.9 Å². The summed E-state index contributed by atoms with van der Waals surface area (Å²) in [5.41, 5.74) is 1.93. The van der Waals surface area contributed by atoms with Gasteiger partial charge in [0, 0.05) is 28.7 Å². The van der Waals surface area contributed by atoms with E-state index in [1.165, 1.54) is 6.07 Å². The van der Waals surface area contributed by atoms with E-state index in [0.29, 0.717) is 6.54 Å². The molecule has 2 aromatic rings. The Hall–Kier alpha value is -1.52. The van der Waals surface area contributed by atoms with E-state index >= 15 is 0 Å². The maximum Gasteiger partial charge on any atom is 0.124 e. The second-order valence-electron chi connectivity index (χ2n) is 4.44. The van der Waals surface area contributed by atoms with Crippen LogP contribution in [0.1, 0.15) is 24.1 Å². The Bertz CT molecular complexity index is 572. The highest BCUT2D eigenvalue weighted by atomic mass is 79.9. The molecule has 1 atom stereocenters. The number of halogens is 1. The van der Waals surface area contributed by atoms with Crippen molar-refractivity contribution in [2.75, 3.05) is 0 Å². The smallest absolute Gasteiger partial charge is 0.124 e. The maximum absolute atomic E-state index is 9.80. The highest BCUT2D eigenvalue weighted by Gasteiger charge is 2.11. The van der Waals surface area contributed by atoms with Crippen LogP contribution in [-0.2, 0) is 6.54 Å². The molecular formula is C15H16BrNO2. The van der Waals surface area contributed by atoms with Crippen molar-refractivity contribution in [3.8, 4) is 11.5 Å². The molecule has 2 aromatic carbocycles. The zero-order chi connectivity index (χ0) is 13.8. The fraction of sp³-hybridized carbons (Fsp3) is 0.200. The van der Waals surface area contributed by atoms with Gasteiger partial charge in [-0.25, -0.2) is 0 Å². The van der Waals surface area contributed by atoms with Crippen LogP contribution in [0.15, 0.2) is 46.9 Å². The largest absolute Gasteiger partial charge is 0.508 e.